The molecule has 1 heterocycles. The minimum atomic E-state index is -0.813. The van der Waals surface area contributed by atoms with Gasteiger partial charge in [-0.3, -0.25) is 4.90 Å². The van der Waals surface area contributed by atoms with Crippen molar-refractivity contribution in [3.8, 4) is 0 Å². The molecule has 1 amide bonds. The minimum absolute atomic E-state index is 0.120. The maximum absolute atomic E-state index is 11.9. The maximum atomic E-state index is 11.9. The van der Waals surface area contributed by atoms with Crippen LogP contribution >= 0.6 is 0 Å². The first-order chi connectivity index (χ1) is 10.4. The van der Waals surface area contributed by atoms with E-state index >= 15 is 0 Å². The molecule has 2 unspecified atom stereocenters. The van der Waals surface area contributed by atoms with E-state index in [4.69, 9.17) is 4.74 Å². The fraction of sp³-hybridized carbons (Fsp3) is 0.588. The Balaban J connectivity index is 2.06. The van der Waals surface area contributed by atoms with Gasteiger partial charge >= 0.3 is 6.09 Å². The molecule has 22 heavy (non-hydrogen) atoms. The molecular formula is C17H26N2O3. The smallest absolute Gasteiger partial charge is 0.409 e. The van der Waals surface area contributed by atoms with Gasteiger partial charge in [-0.2, -0.15) is 0 Å². The lowest BCUT2D eigenvalue weighted by Gasteiger charge is -2.46. The topological polar surface area (TPSA) is 53.0 Å². The first-order valence-corrected chi connectivity index (χ1v) is 7.82. The van der Waals surface area contributed by atoms with Crippen molar-refractivity contribution >= 4 is 6.09 Å². The number of likely N-dealkylation sites (tertiary alicyclic amines) is 1. The summed E-state index contributed by atoms with van der Waals surface area (Å²) in [4.78, 5) is 15.7. The number of ether oxygens (including phenoxy) is 1. The first-order valence-electron chi connectivity index (χ1n) is 7.82. The third kappa shape index (κ3) is 3.99. The minimum Gasteiger partial charge on any atom is -0.450 e. The number of hydrogen-bond donors (Lipinski definition) is 1. The van der Waals surface area contributed by atoms with E-state index in [1.807, 2.05) is 32.2 Å². The van der Waals surface area contributed by atoms with Crippen molar-refractivity contribution in [1.29, 1.82) is 0 Å². The fourth-order valence-electron chi connectivity index (χ4n) is 3.00. The molecular weight excluding hydrogens is 280 g/mol. The van der Waals surface area contributed by atoms with E-state index in [9.17, 15) is 9.90 Å². The van der Waals surface area contributed by atoms with Crippen molar-refractivity contribution in [1.82, 2.24) is 9.80 Å². The van der Waals surface area contributed by atoms with Crippen molar-refractivity contribution in [3.05, 3.63) is 35.9 Å². The van der Waals surface area contributed by atoms with Crippen molar-refractivity contribution in [2.75, 3.05) is 26.7 Å². The number of carbonyl (C=O) groups excluding carboxylic acids is 1. The summed E-state index contributed by atoms with van der Waals surface area (Å²) in [7, 11) is 1.99. The van der Waals surface area contributed by atoms with Gasteiger partial charge in [-0.1, -0.05) is 30.3 Å². The van der Waals surface area contributed by atoms with Crippen molar-refractivity contribution in [2.24, 2.45) is 0 Å². The lowest BCUT2D eigenvalue weighted by Crippen LogP contribution is -2.61. The summed E-state index contributed by atoms with van der Waals surface area (Å²) in [5.74, 6) is 0. The molecule has 0 spiro atoms. The van der Waals surface area contributed by atoms with Gasteiger partial charge in [-0.05, 0) is 32.9 Å². The summed E-state index contributed by atoms with van der Waals surface area (Å²) in [6.45, 7) is 5.77. The summed E-state index contributed by atoms with van der Waals surface area (Å²) < 4.78 is 5.08. The van der Waals surface area contributed by atoms with Gasteiger partial charge in [0.15, 0.2) is 0 Å². The average molecular weight is 306 g/mol. The molecule has 2 atom stereocenters. The molecule has 122 valence electrons. The summed E-state index contributed by atoms with van der Waals surface area (Å²) in [6, 6.07) is 10.0. The quantitative estimate of drug-likeness (QED) is 0.925. The van der Waals surface area contributed by atoms with Crippen LogP contribution in [0.3, 0.4) is 0 Å². The average Bonchev–Trinajstić information content (AvgIpc) is 2.48. The highest BCUT2D eigenvalue weighted by molar-refractivity contribution is 5.67. The number of rotatable bonds is 4. The number of likely N-dealkylation sites (N-methyl/N-ethyl adjacent to an activating group) is 1. The Kier molecular flexibility index (Phi) is 5.42. The SMILES string of the molecule is CCOC(=O)N1CCC(C)(O)C(N(C)Cc2ccccc2)C1. The van der Waals surface area contributed by atoms with Crippen LogP contribution in [0.25, 0.3) is 0 Å². The Bertz CT molecular complexity index is 490. The van der Waals surface area contributed by atoms with Crippen LogP contribution in [0.2, 0.25) is 0 Å². The maximum Gasteiger partial charge on any atom is 0.409 e. The number of piperidine rings is 1. The molecule has 1 aromatic carbocycles. The lowest BCUT2D eigenvalue weighted by molar-refractivity contribution is -0.0736. The second-order valence-electron chi connectivity index (χ2n) is 6.17. The van der Waals surface area contributed by atoms with Crippen LogP contribution in [-0.2, 0) is 11.3 Å². The molecule has 1 aromatic rings. The van der Waals surface area contributed by atoms with E-state index in [0.717, 1.165) is 6.54 Å². The highest BCUT2D eigenvalue weighted by atomic mass is 16.6. The van der Waals surface area contributed by atoms with E-state index in [-0.39, 0.29) is 12.1 Å². The van der Waals surface area contributed by atoms with Crippen LogP contribution in [0.1, 0.15) is 25.8 Å². The summed E-state index contributed by atoms with van der Waals surface area (Å²) in [5, 5.41) is 10.7. The zero-order valence-corrected chi connectivity index (χ0v) is 13.7. The largest absolute Gasteiger partial charge is 0.450 e. The standard InChI is InChI=1S/C17H26N2O3/c1-4-22-16(20)19-11-10-17(2,21)15(13-19)18(3)12-14-8-6-5-7-9-14/h5-9,15,21H,4,10-13H2,1-3H3. The van der Waals surface area contributed by atoms with Gasteiger partial charge in [0.2, 0.25) is 0 Å². The van der Waals surface area contributed by atoms with E-state index in [0.29, 0.717) is 26.1 Å². The van der Waals surface area contributed by atoms with Crippen LogP contribution in [0.5, 0.6) is 0 Å². The van der Waals surface area contributed by atoms with Crippen LogP contribution in [0.4, 0.5) is 4.79 Å². The van der Waals surface area contributed by atoms with E-state index < -0.39 is 5.60 Å². The summed E-state index contributed by atoms with van der Waals surface area (Å²) in [6.07, 6.45) is 0.256. The van der Waals surface area contributed by atoms with Crippen molar-refractivity contribution in [2.45, 2.75) is 38.5 Å². The van der Waals surface area contributed by atoms with Gasteiger partial charge < -0.3 is 14.7 Å². The second kappa shape index (κ2) is 7.11. The zero-order chi connectivity index (χ0) is 16.2. The third-order valence-electron chi connectivity index (χ3n) is 4.33. The van der Waals surface area contributed by atoms with Gasteiger partial charge in [0.05, 0.1) is 18.2 Å². The van der Waals surface area contributed by atoms with Crippen LogP contribution in [-0.4, -0.2) is 59.4 Å². The lowest BCUT2D eigenvalue weighted by atomic mass is 9.87. The summed E-state index contributed by atoms with van der Waals surface area (Å²) >= 11 is 0. The second-order valence-corrected chi connectivity index (χ2v) is 6.17. The van der Waals surface area contributed by atoms with Crippen LogP contribution in [0.15, 0.2) is 30.3 Å². The van der Waals surface area contributed by atoms with Gasteiger partial charge in [0, 0.05) is 19.6 Å². The number of amides is 1. The molecule has 0 saturated carbocycles. The van der Waals surface area contributed by atoms with Gasteiger partial charge in [-0.25, -0.2) is 4.79 Å². The Morgan fingerprint density at radius 1 is 1.45 bits per heavy atom. The Morgan fingerprint density at radius 2 is 2.14 bits per heavy atom. The first kappa shape index (κ1) is 16.8. The molecule has 1 saturated heterocycles. The predicted octanol–water partition coefficient (Wildman–Crippen LogP) is 2.10. The van der Waals surface area contributed by atoms with E-state index in [1.165, 1.54) is 5.56 Å². The van der Waals surface area contributed by atoms with Gasteiger partial charge in [0.25, 0.3) is 0 Å². The van der Waals surface area contributed by atoms with Crippen molar-refractivity contribution in [3.63, 3.8) is 0 Å². The number of aliphatic hydroxyl groups is 1. The van der Waals surface area contributed by atoms with Crippen LogP contribution < -0.4 is 0 Å². The molecule has 0 aromatic heterocycles. The third-order valence-corrected chi connectivity index (χ3v) is 4.33. The number of hydrogen-bond acceptors (Lipinski definition) is 4. The summed E-state index contributed by atoms with van der Waals surface area (Å²) in [5.41, 5.74) is 0.376. The molecule has 0 bridgehead atoms. The zero-order valence-electron chi connectivity index (χ0n) is 13.7. The highest BCUT2D eigenvalue weighted by Crippen LogP contribution is 2.27. The molecule has 0 radical (unpaired) electrons. The molecule has 0 aliphatic carbocycles. The molecule has 1 aliphatic rings. The number of carbonyl (C=O) groups is 1. The normalized spacial score (nSPS) is 25.3. The molecule has 1 aliphatic heterocycles. The van der Waals surface area contributed by atoms with E-state index in [1.54, 1.807) is 11.8 Å². The van der Waals surface area contributed by atoms with Crippen molar-refractivity contribution < 1.29 is 14.6 Å². The Labute approximate surface area is 132 Å². The highest BCUT2D eigenvalue weighted by Gasteiger charge is 2.41. The molecule has 5 heteroatoms. The van der Waals surface area contributed by atoms with E-state index in [2.05, 4.69) is 17.0 Å². The molecule has 5 nitrogen and oxygen atoms in total. The van der Waals surface area contributed by atoms with Gasteiger partial charge in [0.1, 0.15) is 0 Å². The monoisotopic (exact) mass is 306 g/mol. The molecule has 1 fully saturated rings. The Hall–Kier alpha value is -1.59. The number of benzene rings is 1. The molecule has 1 N–H and O–H groups in total. The predicted molar refractivity (Wildman–Crippen MR) is 85.5 cm³/mol. The van der Waals surface area contributed by atoms with Gasteiger partial charge in [-0.15, -0.1) is 0 Å². The number of nitrogens with zero attached hydrogens (tertiary/aromatic N) is 2. The van der Waals surface area contributed by atoms with Crippen LogP contribution in [0, 0.1) is 0 Å². The fourth-order valence-corrected chi connectivity index (χ4v) is 3.00. The Morgan fingerprint density at radius 3 is 2.77 bits per heavy atom. The molecule has 2 rings (SSSR count).